The summed E-state index contributed by atoms with van der Waals surface area (Å²) in [5.74, 6) is -5.68. The first-order valence-corrected chi connectivity index (χ1v) is 11.2. The van der Waals surface area contributed by atoms with Gasteiger partial charge in [-0.1, -0.05) is 36.4 Å². The molecule has 0 N–H and O–H groups in total. The number of nitrogens with zero attached hydrogens (tertiary/aromatic N) is 2. The zero-order chi connectivity index (χ0) is 27.0. The Morgan fingerprint density at radius 2 is 1.65 bits per heavy atom. The van der Waals surface area contributed by atoms with Crippen LogP contribution in [0.25, 0.3) is 0 Å². The zero-order valence-electron chi connectivity index (χ0n) is 19.5. The van der Waals surface area contributed by atoms with Gasteiger partial charge in [0.25, 0.3) is 5.92 Å². The van der Waals surface area contributed by atoms with Gasteiger partial charge in [-0.15, -0.1) is 0 Å². The van der Waals surface area contributed by atoms with Crippen molar-refractivity contribution in [3.8, 4) is 11.8 Å². The Morgan fingerprint density at radius 1 is 0.973 bits per heavy atom. The van der Waals surface area contributed by atoms with E-state index in [4.69, 9.17) is 4.74 Å². The van der Waals surface area contributed by atoms with Crippen LogP contribution in [0, 0.1) is 23.0 Å². The quantitative estimate of drug-likeness (QED) is 0.338. The first-order valence-electron chi connectivity index (χ1n) is 11.2. The second kappa shape index (κ2) is 9.71. The van der Waals surface area contributed by atoms with Crippen LogP contribution >= 0.6 is 0 Å². The highest BCUT2D eigenvalue weighted by molar-refractivity contribution is 5.47. The van der Waals surface area contributed by atoms with Gasteiger partial charge in [-0.05, 0) is 53.4 Å². The van der Waals surface area contributed by atoms with Crippen molar-refractivity contribution in [2.45, 2.75) is 36.5 Å². The zero-order valence-corrected chi connectivity index (χ0v) is 19.5. The third kappa shape index (κ3) is 5.14. The molecule has 3 aromatic carbocycles. The van der Waals surface area contributed by atoms with Gasteiger partial charge in [0.15, 0.2) is 11.6 Å². The van der Waals surface area contributed by atoms with Gasteiger partial charge in [0, 0.05) is 6.42 Å². The van der Waals surface area contributed by atoms with Crippen molar-refractivity contribution in [1.29, 1.82) is 5.26 Å². The van der Waals surface area contributed by atoms with Gasteiger partial charge in [-0.2, -0.15) is 18.4 Å². The van der Waals surface area contributed by atoms with Gasteiger partial charge < -0.3 is 4.74 Å². The van der Waals surface area contributed by atoms with Crippen LogP contribution in [0.4, 0.5) is 30.7 Å². The summed E-state index contributed by atoms with van der Waals surface area (Å²) in [6.45, 7) is -0.990. The second-order valence-electron chi connectivity index (χ2n) is 8.93. The highest BCUT2D eigenvalue weighted by atomic mass is 19.4. The first kappa shape index (κ1) is 26.5. The lowest BCUT2D eigenvalue weighted by Gasteiger charge is -2.45. The van der Waals surface area contributed by atoms with E-state index >= 15 is 0 Å². The highest BCUT2D eigenvalue weighted by Gasteiger charge is 2.55. The molecule has 1 aliphatic rings. The molecule has 0 radical (unpaired) electrons. The predicted molar refractivity (Wildman–Crippen MR) is 121 cm³/mol. The van der Waals surface area contributed by atoms with Crippen LogP contribution < -0.4 is 4.74 Å². The SMILES string of the molecule is COc1cc([C@](Cc2ccccc2)(c2cc(F)cc(C(F)(F)F)c2)N2CC(F)(F)C[C@H]2C#N)ccc1F. The molecule has 37 heavy (non-hydrogen) atoms. The van der Waals surface area contributed by atoms with E-state index in [1.54, 1.807) is 30.3 Å². The Hall–Kier alpha value is -3.58. The number of benzene rings is 3. The predicted octanol–water partition coefficient (Wildman–Crippen LogP) is 6.71. The van der Waals surface area contributed by atoms with Gasteiger partial charge in [-0.25, -0.2) is 17.6 Å². The molecule has 0 unspecified atom stereocenters. The second-order valence-corrected chi connectivity index (χ2v) is 8.93. The Kier molecular flexibility index (Phi) is 6.95. The molecular formula is C27H21F7N2O. The fraction of sp³-hybridized carbons (Fsp3) is 0.296. The molecule has 0 amide bonds. The minimum atomic E-state index is -4.95. The molecule has 3 nitrogen and oxygen atoms in total. The van der Waals surface area contributed by atoms with Gasteiger partial charge in [0.05, 0.1) is 30.8 Å². The van der Waals surface area contributed by atoms with Gasteiger partial charge in [0.1, 0.15) is 11.9 Å². The fourth-order valence-electron chi connectivity index (χ4n) is 4.94. The monoisotopic (exact) mass is 522 g/mol. The number of halogens is 7. The molecule has 10 heteroatoms. The lowest BCUT2D eigenvalue weighted by molar-refractivity contribution is -0.137. The van der Waals surface area contributed by atoms with Gasteiger partial charge in [0.2, 0.25) is 0 Å². The molecule has 0 bridgehead atoms. The summed E-state index contributed by atoms with van der Waals surface area (Å²) in [6.07, 6.45) is -6.04. The fourth-order valence-corrected chi connectivity index (χ4v) is 4.94. The summed E-state index contributed by atoms with van der Waals surface area (Å²) in [6, 6.07) is 13.9. The Bertz CT molecular complexity index is 1320. The largest absolute Gasteiger partial charge is 0.494 e. The molecule has 1 fully saturated rings. The number of ether oxygens (including phenoxy) is 1. The van der Waals surface area contributed by atoms with E-state index in [1.807, 2.05) is 6.07 Å². The first-order chi connectivity index (χ1) is 17.4. The molecule has 0 spiro atoms. The number of hydrogen-bond donors (Lipinski definition) is 0. The summed E-state index contributed by atoms with van der Waals surface area (Å²) in [7, 11) is 1.17. The summed E-state index contributed by atoms with van der Waals surface area (Å²) < 4.78 is 105. The molecule has 1 heterocycles. The van der Waals surface area contributed by atoms with Crippen molar-refractivity contribution in [2.24, 2.45) is 0 Å². The van der Waals surface area contributed by atoms with Crippen molar-refractivity contribution in [2.75, 3.05) is 13.7 Å². The number of rotatable bonds is 6. The highest BCUT2D eigenvalue weighted by Crippen LogP contribution is 2.48. The molecule has 0 saturated carbocycles. The lowest BCUT2D eigenvalue weighted by Crippen LogP contribution is -2.51. The third-order valence-corrected chi connectivity index (χ3v) is 6.54. The van der Waals surface area contributed by atoms with Crippen molar-refractivity contribution in [1.82, 2.24) is 4.90 Å². The maximum Gasteiger partial charge on any atom is 0.416 e. The standard InChI is InChI=1S/C27H21F7N2O/c1-37-24-12-18(7-8-23(24)29)26(13-17-5-3-2-4-6-17,36-16-25(30,31)14-22(36)15-35)19-9-20(27(32,33)34)11-21(28)10-19/h2-12,22H,13-14,16H2,1H3/t22-,26+/m0/s1. The summed E-state index contributed by atoms with van der Waals surface area (Å²) in [5, 5.41) is 9.81. The Labute approximate surface area is 208 Å². The molecule has 194 valence electrons. The van der Waals surface area contributed by atoms with E-state index in [9.17, 15) is 36.0 Å². The van der Waals surface area contributed by atoms with Crippen molar-refractivity contribution < 1.29 is 35.5 Å². The van der Waals surface area contributed by atoms with Crippen LogP contribution in [0.2, 0.25) is 0 Å². The van der Waals surface area contributed by atoms with Crippen LogP contribution in [0.3, 0.4) is 0 Å². The molecule has 1 aliphatic heterocycles. The van der Waals surface area contributed by atoms with E-state index in [0.29, 0.717) is 17.7 Å². The van der Waals surface area contributed by atoms with E-state index < -0.39 is 53.8 Å². The van der Waals surface area contributed by atoms with Crippen LogP contribution in [-0.2, 0) is 18.1 Å². The maximum atomic E-state index is 14.8. The number of likely N-dealkylation sites (tertiary alicyclic amines) is 1. The third-order valence-electron chi connectivity index (χ3n) is 6.54. The topological polar surface area (TPSA) is 36.3 Å². The molecule has 3 aromatic rings. The van der Waals surface area contributed by atoms with Crippen molar-refractivity contribution in [3.63, 3.8) is 0 Å². The number of alkyl halides is 5. The number of methoxy groups -OCH3 is 1. The van der Waals surface area contributed by atoms with E-state index in [1.165, 1.54) is 19.2 Å². The van der Waals surface area contributed by atoms with E-state index in [0.717, 1.165) is 17.0 Å². The average Bonchev–Trinajstić information content (AvgIpc) is 3.17. The lowest BCUT2D eigenvalue weighted by atomic mass is 9.75. The number of hydrogen-bond acceptors (Lipinski definition) is 3. The molecule has 4 rings (SSSR count). The minimum absolute atomic E-state index is 0.0614. The van der Waals surface area contributed by atoms with Crippen molar-refractivity contribution in [3.05, 3.63) is 101 Å². The molecular weight excluding hydrogens is 501 g/mol. The average molecular weight is 522 g/mol. The molecule has 0 aromatic heterocycles. The molecule has 0 aliphatic carbocycles. The van der Waals surface area contributed by atoms with Crippen LogP contribution in [0.15, 0.2) is 66.7 Å². The smallest absolute Gasteiger partial charge is 0.416 e. The number of nitriles is 1. The van der Waals surface area contributed by atoms with E-state index in [-0.39, 0.29) is 23.3 Å². The Morgan fingerprint density at radius 3 is 2.27 bits per heavy atom. The van der Waals surface area contributed by atoms with Crippen molar-refractivity contribution >= 4 is 0 Å². The van der Waals surface area contributed by atoms with Crippen LogP contribution in [-0.4, -0.2) is 30.5 Å². The van der Waals surface area contributed by atoms with Gasteiger partial charge in [-0.3, -0.25) is 4.90 Å². The summed E-state index contributed by atoms with van der Waals surface area (Å²) in [5.41, 5.74) is -2.99. The van der Waals surface area contributed by atoms with E-state index in [2.05, 4.69) is 0 Å². The van der Waals surface area contributed by atoms with Gasteiger partial charge >= 0.3 is 6.18 Å². The van der Waals surface area contributed by atoms with Crippen LogP contribution in [0.1, 0.15) is 28.7 Å². The molecule has 1 saturated heterocycles. The van der Waals surface area contributed by atoms with Crippen LogP contribution in [0.5, 0.6) is 5.75 Å². The minimum Gasteiger partial charge on any atom is -0.494 e. The summed E-state index contributed by atoms with van der Waals surface area (Å²) in [4.78, 5) is 1.08. The molecule has 2 atom stereocenters. The Balaban J connectivity index is 2.11. The normalized spacial score (nSPS) is 19.3. The maximum absolute atomic E-state index is 14.8. The summed E-state index contributed by atoms with van der Waals surface area (Å²) >= 11 is 0.